The second-order valence-electron chi connectivity index (χ2n) is 8.49. The Morgan fingerprint density at radius 2 is 2.03 bits per heavy atom. The maximum Gasteiger partial charge on any atom is 0.174 e. The molecule has 3 unspecified atom stereocenters. The Morgan fingerprint density at radius 3 is 2.77 bits per heavy atom. The summed E-state index contributed by atoms with van der Waals surface area (Å²) in [5, 5.41) is 4.29. The number of hydrogen-bond donors (Lipinski definition) is 1. The van der Waals surface area contributed by atoms with Gasteiger partial charge in [0.05, 0.1) is 17.8 Å². The summed E-state index contributed by atoms with van der Waals surface area (Å²) >= 11 is 5.87. The number of ether oxygens (including phenoxy) is 1. The molecule has 0 bridgehead atoms. The molecule has 160 valence electrons. The van der Waals surface area contributed by atoms with Crippen LogP contribution < -0.4 is 10.2 Å². The standard InChI is InChI=1S/C25H28N4OS/c1-17-10-11-19(15-18(17)2)29-24(23(27-25(29)31)21-8-3-4-12-26-21)22-9-5-13-28(22)16-20-7-6-14-30-20/h3-5,8-13,15,20,23-24H,6-7,14,16H2,1-2H3,(H,27,31). The van der Waals surface area contributed by atoms with E-state index in [-0.39, 0.29) is 18.2 Å². The largest absolute Gasteiger partial charge is 0.376 e. The van der Waals surface area contributed by atoms with E-state index in [4.69, 9.17) is 17.0 Å². The van der Waals surface area contributed by atoms with E-state index in [0.717, 1.165) is 42.5 Å². The van der Waals surface area contributed by atoms with E-state index in [9.17, 15) is 0 Å². The molecule has 0 amide bonds. The van der Waals surface area contributed by atoms with Crippen LogP contribution in [-0.2, 0) is 11.3 Å². The van der Waals surface area contributed by atoms with Gasteiger partial charge in [0.2, 0.25) is 0 Å². The van der Waals surface area contributed by atoms with Crippen molar-refractivity contribution in [2.75, 3.05) is 11.5 Å². The van der Waals surface area contributed by atoms with Crippen molar-refractivity contribution < 1.29 is 4.74 Å². The van der Waals surface area contributed by atoms with Crippen molar-refractivity contribution in [2.45, 2.75) is 51.4 Å². The summed E-state index contributed by atoms with van der Waals surface area (Å²) in [7, 11) is 0. The molecule has 5 rings (SSSR count). The maximum atomic E-state index is 5.93. The van der Waals surface area contributed by atoms with E-state index < -0.39 is 0 Å². The molecule has 2 fully saturated rings. The summed E-state index contributed by atoms with van der Waals surface area (Å²) in [4.78, 5) is 6.92. The van der Waals surface area contributed by atoms with E-state index >= 15 is 0 Å². The Bertz CT molecular complexity index is 1070. The molecule has 2 aliphatic rings. The molecule has 0 saturated carbocycles. The normalized spacial score (nSPS) is 23.4. The number of aromatic nitrogens is 2. The summed E-state index contributed by atoms with van der Waals surface area (Å²) in [6.07, 6.45) is 6.54. The van der Waals surface area contributed by atoms with Gasteiger partial charge < -0.3 is 19.5 Å². The van der Waals surface area contributed by atoms with Gasteiger partial charge in [-0.25, -0.2) is 0 Å². The molecular weight excluding hydrogens is 404 g/mol. The van der Waals surface area contributed by atoms with Crippen molar-refractivity contribution in [1.82, 2.24) is 14.9 Å². The lowest BCUT2D eigenvalue weighted by atomic mass is 10.00. The molecule has 3 atom stereocenters. The fraction of sp³-hybridized carbons (Fsp3) is 0.360. The summed E-state index contributed by atoms with van der Waals surface area (Å²) in [6.45, 7) is 6.01. The lowest BCUT2D eigenvalue weighted by Gasteiger charge is -2.30. The average Bonchev–Trinajstić information content (AvgIpc) is 3.52. The van der Waals surface area contributed by atoms with Crippen molar-refractivity contribution in [1.29, 1.82) is 0 Å². The molecule has 0 radical (unpaired) electrons. The number of nitrogens with zero attached hydrogens (tertiary/aromatic N) is 3. The zero-order valence-corrected chi connectivity index (χ0v) is 18.8. The number of hydrogen-bond acceptors (Lipinski definition) is 3. The second-order valence-corrected chi connectivity index (χ2v) is 8.87. The molecular formula is C25H28N4OS. The molecule has 5 nitrogen and oxygen atoms in total. The van der Waals surface area contributed by atoms with Gasteiger partial charge in [0.25, 0.3) is 0 Å². The van der Waals surface area contributed by atoms with Crippen molar-refractivity contribution >= 4 is 23.0 Å². The lowest BCUT2D eigenvalue weighted by molar-refractivity contribution is 0.0961. The maximum absolute atomic E-state index is 5.93. The molecule has 0 aliphatic carbocycles. The van der Waals surface area contributed by atoms with Gasteiger partial charge in [-0.1, -0.05) is 12.1 Å². The van der Waals surface area contributed by atoms with Crippen LogP contribution in [0.4, 0.5) is 5.69 Å². The van der Waals surface area contributed by atoms with Crippen LogP contribution in [0.5, 0.6) is 0 Å². The lowest BCUT2D eigenvalue weighted by Crippen LogP contribution is -2.31. The first-order valence-electron chi connectivity index (χ1n) is 11.0. The minimum atomic E-state index is -0.0338. The molecule has 1 N–H and O–H groups in total. The van der Waals surface area contributed by atoms with Gasteiger partial charge in [0, 0.05) is 36.9 Å². The molecule has 2 saturated heterocycles. The smallest absolute Gasteiger partial charge is 0.174 e. The molecule has 4 heterocycles. The van der Waals surface area contributed by atoms with Crippen LogP contribution in [0.3, 0.4) is 0 Å². The average molecular weight is 433 g/mol. The highest BCUT2D eigenvalue weighted by Crippen LogP contribution is 2.42. The fourth-order valence-electron chi connectivity index (χ4n) is 4.68. The predicted octanol–water partition coefficient (Wildman–Crippen LogP) is 4.86. The van der Waals surface area contributed by atoms with E-state index in [1.807, 2.05) is 18.3 Å². The molecule has 0 spiro atoms. The number of anilines is 1. The van der Waals surface area contributed by atoms with Gasteiger partial charge in [-0.05, 0) is 86.4 Å². The van der Waals surface area contributed by atoms with Crippen LogP contribution in [0.1, 0.15) is 47.4 Å². The Morgan fingerprint density at radius 1 is 1.13 bits per heavy atom. The minimum absolute atomic E-state index is 0.000842. The molecule has 2 aromatic heterocycles. The van der Waals surface area contributed by atoms with Crippen LogP contribution in [-0.4, -0.2) is 27.4 Å². The van der Waals surface area contributed by atoms with E-state index in [2.05, 4.69) is 76.2 Å². The zero-order chi connectivity index (χ0) is 21.4. The van der Waals surface area contributed by atoms with Gasteiger partial charge in [-0.3, -0.25) is 4.98 Å². The molecule has 6 heteroatoms. The van der Waals surface area contributed by atoms with Crippen molar-refractivity contribution in [3.05, 3.63) is 83.4 Å². The zero-order valence-electron chi connectivity index (χ0n) is 18.0. The predicted molar refractivity (Wildman–Crippen MR) is 127 cm³/mol. The number of aryl methyl sites for hydroxylation is 2. The van der Waals surface area contributed by atoms with E-state index in [0.29, 0.717) is 0 Å². The molecule has 1 aromatic carbocycles. The van der Waals surface area contributed by atoms with Gasteiger partial charge in [0.1, 0.15) is 6.04 Å². The fourth-order valence-corrected chi connectivity index (χ4v) is 5.02. The Hall–Kier alpha value is -2.70. The van der Waals surface area contributed by atoms with Gasteiger partial charge >= 0.3 is 0 Å². The second kappa shape index (κ2) is 8.44. The third-order valence-corrected chi connectivity index (χ3v) is 6.77. The minimum Gasteiger partial charge on any atom is -0.376 e. The van der Waals surface area contributed by atoms with Gasteiger partial charge in [-0.15, -0.1) is 0 Å². The first-order valence-corrected chi connectivity index (χ1v) is 11.4. The number of benzene rings is 1. The van der Waals surface area contributed by atoms with Crippen LogP contribution in [0.25, 0.3) is 0 Å². The summed E-state index contributed by atoms with van der Waals surface area (Å²) in [5.41, 5.74) is 5.85. The SMILES string of the molecule is Cc1ccc(N2C(=S)NC(c3ccccn3)C2c2cccn2CC2CCCO2)cc1C. The molecule has 3 aromatic rings. The van der Waals surface area contributed by atoms with Crippen molar-refractivity contribution in [3.63, 3.8) is 0 Å². The van der Waals surface area contributed by atoms with E-state index in [1.54, 1.807) is 0 Å². The highest BCUT2D eigenvalue weighted by molar-refractivity contribution is 7.80. The summed E-state index contributed by atoms with van der Waals surface area (Å²) in [5.74, 6) is 0. The highest BCUT2D eigenvalue weighted by atomic mass is 32.1. The number of rotatable bonds is 5. The van der Waals surface area contributed by atoms with Crippen LogP contribution >= 0.6 is 12.2 Å². The Labute approximate surface area is 189 Å². The van der Waals surface area contributed by atoms with Crippen molar-refractivity contribution in [3.8, 4) is 0 Å². The third-order valence-electron chi connectivity index (χ3n) is 6.46. The summed E-state index contributed by atoms with van der Waals surface area (Å²) < 4.78 is 8.26. The monoisotopic (exact) mass is 432 g/mol. The summed E-state index contributed by atoms with van der Waals surface area (Å²) in [6, 6.07) is 16.9. The Balaban J connectivity index is 1.58. The number of pyridine rings is 1. The highest BCUT2D eigenvalue weighted by Gasteiger charge is 2.42. The molecule has 31 heavy (non-hydrogen) atoms. The van der Waals surface area contributed by atoms with Crippen molar-refractivity contribution in [2.24, 2.45) is 0 Å². The number of thiocarbonyl (C=S) groups is 1. The van der Waals surface area contributed by atoms with Crippen LogP contribution in [0.2, 0.25) is 0 Å². The third kappa shape index (κ3) is 3.86. The van der Waals surface area contributed by atoms with E-state index in [1.165, 1.54) is 16.8 Å². The van der Waals surface area contributed by atoms with Crippen LogP contribution in [0.15, 0.2) is 60.9 Å². The van der Waals surface area contributed by atoms with Gasteiger partial charge in [0.15, 0.2) is 5.11 Å². The molecule has 2 aliphatic heterocycles. The first-order chi connectivity index (χ1) is 15.1. The van der Waals surface area contributed by atoms with Gasteiger partial charge in [-0.2, -0.15) is 0 Å². The quantitative estimate of drug-likeness (QED) is 0.584. The number of nitrogens with one attached hydrogen (secondary N) is 1. The first kappa shape index (κ1) is 20.2. The Kier molecular flexibility index (Phi) is 5.50. The topological polar surface area (TPSA) is 42.3 Å². The van der Waals surface area contributed by atoms with Crippen LogP contribution in [0, 0.1) is 13.8 Å².